The zero-order valence-electron chi connectivity index (χ0n) is 16.7. The summed E-state index contributed by atoms with van der Waals surface area (Å²) in [6.45, 7) is 3.91. The Morgan fingerprint density at radius 3 is 2.50 bits per heavy atom. The first-order chi connectivity index (χ1) is 14.3. The average Bonchev–Trinajstić information content (AvgIpc) is 3.41. The number of carbonyl (C=O) groups is 1. The maximum atomic E-state index is 13.1. The smallest absolute Gasteiger partial charge is 0.282 e. The third-order valence-corrected chi connectivity index (χ3v) is 5.23. The van der Waals surface area contributed by atoms with Crippen LogP contribution in [0.5, 0.6) is 0 Å². The van der Waals surface area contributed by atoms with Gasteiger partial charge in [0, 0.05) is 11.6 Å². The van der Waals surface area contributed by atoms with Crippen molar-refractivity contribution in [3.05, 3.63) is 64.5 Å². The SMILES string of the molecule is Cc1nn(Cc2ccc(F)cc2)c(C)c1NC(=O)Cn1nc(C(F)F)cc1C1CC1. The lowest BCUT2D eigenvalue weighted by Gasteiger charge is -2.09. The number of anilines is 1. The monoisotopic (exact) mass is 417 g/mol. The van der Waals surface area contributed by atoms with Gasteiger partial charge in [-0.25, -0.2) is 13.2 Å². The molecule has 0 aliphatic heterocycles. The topological polar surface area (TPSA) is 64.7 Å². The van der Waals surface area contributed by atoms with Gasteiger partial charge in [-0.05, 0) is 50.5 Å². The first-order valence-corrected chi connectivity index (χ1v) is 9.76. The maximum absolute atomic E-state index is 13.1. The Balaban J connectivity index is 1.49. The lowest BCUT2D eigenvalue weighted by Crippen LogP contribution is -2.21. The molecule has 0 unspecified atom stereocenters. The van der Waals surface area contributed by atoms with Crippen molar-refractivity contribution in [2.24, 2.45) is 0 Å². The number of hydrogen-bond acceptors (Lipinski definition) is 3. The van der Waals surface area contributed by atoms with Gasteiger partial charge in [0.1, 0.15) is 18.1 Å². The first-order valence-electron chi connectivity index (χ1n) is 9.76. The van der Waals surface area contributed by atoms with E-state index in [9.17, 15) is 18.0 Å². The van der Waals surface area contributed by atoms with Crippen LogP contribution in [0.4, 0.5) is 18.9 Å². The number of nitrogens with one attached hydrogen (secondary N) is 1. The molecule has 158 valence electrons. The van der Waals surface area contributed by atoms with Gasteiger partial charge in [0.15, 0.2) is 0 Å². The van der Waals surface area contributed by atoms with Gasteiger partial charge < -0.3 is 5.32 Å². The summed E-state index contributed by atoms with van der Waals surface area (Å²) in [5, 5.41) is 11.2. The molecule has 4 rings (SSSR count). The number of alkyl halides is 2. The largest absolute Gasteiger partial charge is 0.321 e. The molecule has 1 N–H and O–H groups in total. The van der Waals surface area contributed by atoms with Gasteiger partial charge in [0.25, 0.3) is 6.43 Å². The number of aromatic nitrogens is 4. The number of rotatable bonds is 7. The van der Waals surface area contributed by atoms with E-state index in [0.29, 0.717) is 23.6 Å². The molecule has 1 aliphatic rings. The quantitative estimate of drug-likeness (QED) is 0.622. The molecule has 0 atom stereocenters. The molecule has 2 heterocycles. The van der Waals surface area contributed by atoms with Crippen LogP contribution < -0.4 is 5.32 Å². The zero-order chi connectivity index (χ0) is 21.4. The second-order valence-corrected chi connectivity index (χ2v) is 7.60. The summed E-state index contributed by atoms with van der Waals surface area (Å²) in [4.78, 5) is 12.6. The van der Waals surface area contributed by atoms with Crippen molar-refractivity contribution in [3.63, 3.8) is 0 Å². The Morgan fingerprint density at radius 2 is 1.87 bits per heavy atom. The minimum atomic E-state index is -2.67. The van der Waals surface area contributed by atoms with Gasteiger partial charge >= 0.3 is 0 Å². The van der Waals surface area contributed by atoms with Crippen LogP contribution in [0.15, 0.2) is 30.3 Å². The number of hydrogen-bond donors (Lipinski definition) is 1. The van der Waals surface area contributed by atoms with Crippen LogP contribution in [0.1, 0.15) is 53.5 Å². The van der Waals surface area contributed by atoms with E-state index in [0.717, 1.165) is 24.1 Å². The minimum Gasteiger partial charge on any atom is -0.321 e. The maximum Gasteiger partial charge on any atom is 0.282 e. The molecule has 1 saturated carbocycles. The highest BCUT2D eigenvalue weighted by molar-refractivity contribution is 5.91. The standard InChI is InChI=1S/C21H22F3N5O/c1-12-20(13(2)28(26-12)10-14-3-7-16(22)8-4-14)25-19(30)11-29-18(15-5-6-15)9-17(27-29)21(23)24/h3-4,7-9,15,21H,5-6,10-11H2,1-2H3,(H,25,30). The molecular formula is C21H22F3N5O. The van der Waals surface area contributed by atoms with E-state index < -0.39 is 6.43 Å². The number of benzene rings is 1. The molecule has 6 nitrogen and oxygen atoms in total. The summed E-state index contributed by atoms with van der Waals surface area (Å²) >= 11 is 0. The van der Waals surface area contributed by atoms with Crippen molar-refractivity contribution in [1.82, 2.24) is 19.6 Å². The highest BCUT2D eigenvalue weighted by Crippen LogP contribution is 2.41. The summed E-state index contributed by atoms with van der Waals surface area (Å²) in [5.41, 5.74) is 3.23. The van der Waals surface area contributed by atoms with Crippen molar-refractivity contribution in [3.8, 4) is 0 Å². The molecule has 0 bridgehead atoms. The predicted molar refractivity (Wildman–Crippen MR) is 105 cm³/mol. The molecule has 30 heavy (non-hydrogen) atoms. The van der Waals surface area contributed by atoms with E-state index in [1.165, 1.54) is 22.9 Å². The van der Waals surface area contributed by atoms with Crippen molar-refractivity contribution < 1.29 is 18.0 Å². The highest BCUT2D eigenvalue weighted by atomic mass is 19.3. The molecule has 1 fully saturated rings. The van der Waals surface area contributed by atoms with E-state index in [2.05, 4.69) is 15.5 Å². The average molecular weight is 417 g/mol. The number of nitrogens with zero attached hydrogens (tertiary/aromatic N) is 4. The third-order valence-electron chi connectivity index (χ3n) is 5.23. The molecule has 9 heteroatoms. The van der Waals surface area contributed by atoms with Crippen molar-refractivity contribution in [1.29, 1.82) is 0 Å². The molecule has 0 spiro atoms. The second-order valence-electron chi connectivity index (χ2n) is 7.60. The fraction of sp³-hybridized carbons (Fsp3) is 0.381. The Labute approximate surface area is 171 Å². The van der Waals surface area contributed by atoms with Gasteiger partial charge in [-0.15, -0.1) is 0 Å². The summed E-state index contributed by atoms with van der Waals surface area (Å²) < 4.78 is 42.3. The Hall–Kier alpha value is -3.10. The van der Waals surface area contributed by atoms with Crippen LogP contribution in [0.3, 0.4) is 0 Å². The van der Waals surface area contributed by atoms with Crippen LogP contribution >= 0.6 is 0 Å². The van der Waals surface area contributed by atoms with Gasteiger partial charge in [-0.3, -0.25) is 14.2 Å². The van der Waals surface area contributed by atoms with Crippen LogP contribution in [-0.4, -0.2) is 25.5 Å². The Bertz CT molecular complexity index is 1070. The lowest BCUT2D eigenvalue weighted by atomic mass is 10.2. The van der Waals surface area contributed by atoms with Gasteiger partial charge in [0.05, 0.1) is 23.6 Å². The number of carbonyl (C=O) groups excluding carboxylic acids is 1. The zero-order valence-corrected chi connectivity index (χ0v) is 16.7. The highest BCUT2D eigenvalue weighted by Gasteiger charge is 2.30. The van der Waals surface area contributed by atoms with E-state index in [1.807, 2.05) is 6.92 Å². The van der Waals surface area contributed by atoms with Crippen molar-refractivity contribution in [2.45, 2.75) is 52.1 Å². The Morgan fingerprint density at radius 1 is 1.17 bits per heavy atom. The molecule has 1 aliphatic carbocycles. The molecule has 2 aromatic heterocycles. The molecule has 1 amide bonds. The van der Waals surface area contributed by atoms with Crippen molar-refractivity contribution in [2.75, 3.05) is 5.32 Å². The minimum absolute atomic E-state index is 0.138. The molecule has 3 aromatic rings. The number of halogens is 3. The van der Waals surface area contributed by atoms with Gasteiger partial charge in [0.2, 0.25) is 5.91 Å². The van der Waals surface area contributed by atoms with Crippen LogP contribution in [0.25, 0.3) is 0 Å². The normalized spacial score (nSPS) is 13.8. The van der Waals surface area contributed by atoms with E-state index in [4.69, 9.17) is 0 Å². The van der Waals surface area contributed by atoms with E-state index >= 15 is 0 Å². The molecular weight excluding hydrogens is 395 g/mol. The fourth-order valence-corrected chi connectivity index (χ4v) is 3.50. The van der Waals surface area contributed by atoms with Crippen molar-refractivity contribution >= 4 is 11.6 Å². The molecule has 1 aromatic carbocycles. The fourth-order valence-electron chi connectivity index (χ4n) is 3.50. The van der Waals surface area contributed by atoms with Gasteiger partial charge in [-0.1, -0.05) is 12.1 Å². The summed E-state index contributed by atoms with van der Waals surface area (Å²) in [6.07, 6.45) is -0.824. The first kappa shape index (κ1) is 20.2. The van der Waals surface area contributed by atoms with Gasteiger partial charge in [-0.2, -0.15) is 10.2 Å². The van der Waals surface area contributed by atoms with Crippen LogP contribution in [0.2, 0.25) is 0 Å². The number of aryl methyl sites for hydroxylation is 1. The van der Waals surface area contributed by atoms with Crippen LogP contribution in [0, 0.1) is 19.7 Å². The summed E-state index contributed by atoms with van der Waals surface area (Å²) in [5.74, 6) is -0.465. The second kappa shape index (κ2) is 7.97. The predicted octanol–water partition coefficient (Wildman–Crippen LogP) is 4.34. The summed E-state index contributed by atoms with van der Waals surface area (Å²) in [7, 11) is 0. The van der Waals surface area contributed by atoms with Crippen LogP contribution in [-0.2, 0) is 17.9 Å². The third kappa shape index (κ3) is 4.24. The Kier molecular flexibility index (Phi) is 5.36. The molecule has 0 radical (unpaired) electrons. The number of amides is 1. The lowest BCUT2D eigenvalue weighted by molar-refractivity contribution is -0.117. The van der Waals surface area contributed by atoms with E-state index in [1.54, 1.807) is 23.7 Å². The summed E-state index contributed by atoms with van der Waals surface area (Å²) in [6, 6.07) is 7.54. The van der Waals surface area contributed by atoms with E-state index in [-0.39, 0.29) is 29.9 Å². The molecule has 0 saturated heterocycles.